The molecule has 0 radical (unpaired) electrons. The van der Waals surface area contributed by atoms with Crippen molar-refractivity contribution in [2.45, 2.75) is 20.3 Å². The fourth-order valence-corrected chi connectivity index (χ4v) is 4.74. The summed E-state index contributed by atoms with van der Waals surface area (Å²) in [6.45, 7) is 23.8. The molecule has 1 fully saturated rings. The molecule has 0 spiro atoms. The van der Waals surface area contributed by atoms with Gasteiger partial charge < -0.3 is 0 Å². The summed E-state index contributed by atoms with van der Waals surface area (Å²) in [5.41, 5.74) is 0. The van der Waals surface area contributed by atoms with Crippen LogP contribution in [0.5, 0.6) is 0 Å². The topological polar surface area (TPSA) is 109 Å². The van der Waals surface area contributed by atoms with Crippen molar-refractivity contribution in [2.24, 2.45) is 17.8 Å². The zero-order chi connectivity index (χ0) is 19.7. The number of nitrogens with zero attached hydrogens (tertiary/aromatic N) is 1. The average molecular weight is 503 g/mol. The summed E-state index contributed by atoms with van der Waals surface area (Å²) in [5.74, 6) is 1.66. The van der Waals surface area contributed by atoms with Gasteiger partial charge in [-0.05, 0) is 0 Å². The predicted octanol–water partition coefficient (Wildman–Crippen LogP) is 1.81. The van der Waals surface area contributed by atoms with Crippen LogP contribution in [0.2, 0.25) is 0 Å². The summed E-state index contributed by atoms with van der Waals surface area (Å²) in [6, 6.07) is 0. The van der Waals surface area contributed by atoms with Gasteiger partial charge in [-0.2, -0.15) is 0 Å². The second-order valence-electron chi connectivity index (χ2n) is 4.63. The van der Waals surface area contributed by atoms with E-state index in [1.165, 1.54) is 23.4 Å². The Morgan fingerprint density at radius 3 is 2.04 bits per heavy atom. The van der Waals surface area contributed by atoms with E-state index in [1.54, 1.807) is 0 Å². The second kappa shape index (κ2) is 17.9. The van der Waals surface area contributed by atoms with Crippen LogP contribution in [0.1, 0.15) is 20.3 Å². The Morgan fingerprint density at radius 2 is 1.67 bits per heavy atom. The molecular weight excluding hydrogens is 486 g/mol. The molecule has 0 aromatic carbocycles. The molecule has 2 rings (SSSR count). The number of allylic oxidation sites excluding steroid dienone is 2. The first kappa shape index (κ1) is 27.4. The fourth-order valence-electron chi connectivity index (χ4n) is 2.53. The van der Waals surface area contributed by atoms with E-state index in [0.29, 0.717) is 24.4 Å². The molecule has 1 heterocycles. The molecule has 3 atom stereocenters. The Kier molecular flexibility index (Phi) is 20.4. The van der Waals surface area contributed by atoms with E-state index in [9.17, 15) is 4.79 Å². The number of amides is 1. The van der Waals surface area contributed by atoms with Gasteiger partial charge in [0.15, 0.2) is 0 Å². The number of hydrogen-bond acceptors (Lipinski definition) is 2. The monoisotopic (exact) mass is 503 g/mol. The van der Waals surface area contributed by atoms with Crippen molar-refractivity contribution >= 4 is 10.1 Å². The molecule has 0 aromatic heterocycles. The zero-order valence-corrected chi connectivity index (χ0v) is 16.2. The third-order valence-electron chi connectivity index (χ3n) is 3.44. The van der Waals surface area contributed by atoms with Crippen LogP contribution in [0.25, 0.3) is 0 Å². The van der Waals surface area contributed by atoms with Crippen molar-refractivity contribution in [1.82, 2.24) is 4.90 Å². The van der Waals surface area contributed by atoms with E-state index in [2.05, 4.69) is 52.6 Å². The molecular formula is C16H17NO6W. The summed E-state index contributed by atoms with van der Waals surface area (Å²) < 4.78 is 36.3. The Hall–Kier alpha value is -1.47. The van der Waals surface area contributed by atoms with Crippen LogP contribution in [-0.4, -0.2) is 28.2 Å². The molecule has 0 bridgehead atoms. The number of ether oxygens (including phenoxy) is 1. The molecule has 0 aromatic rings. The third kappa shape index (κ3) is 8.40. The van der Waals surface area contributed by atoms with Crippen LogP contribution in [0.15, 0.2) is 12.2 Å². The molecule has 8 heteroatoms. The minimum absolute atomic E-state index is 0.154. The molecule has 128 valence electrons. The molecule has 0 N–H and O–H groups in total. The van der Waals surface area contributed by atoms with Crippen molar-refractivity contribution in [1.29, 1.82) is 0 Å². The van der Waals surface area contributed by atoms with Gasteiger partial charge in [0.25, 0.3) is 0 Å². The number of rotatable bonds is 2. The fraction of sp³-hybridized carbons (Fsp3) is 0.500. The molecule has 24 heavy (non-hydrogen) atoms. The first-order chi connectivity index (χ1) is 11.6. The van der Waals surface area contributed by atoms with Crippen molar-refractivity contribution in [3.05, 3.63) is 38.8 Å². The van der Waals surface area contributed by atoms with E-state index in [0.717, 1.165) is 13.0 Å². The summed E-state index contributed by atoms with van der Waals surface area (Å²) in [7, 11) is 0. The van der Waals surface area contributed by atoms with Gasteiger partial charge in [0, 0.05) is 0 Å². The van der Waals surface area contributed by atoms with Gasteiger partial charge in [0.2, 0.25) is 0 Å². The zero-order valence-electron chi connectivity index (χ0n) is 13.3. The summed E-state index contributed by atoms with van der Waals surface area (Å²) in [4.78, 5) is 13.4. The van der Waals surface area contributed by atoms with E-state index in [-0.39, 0.29) is 6.09 Å². The quantitative estimate of drug-likeness (QED) is 0.326. The van der Waals surface area contributed by atoms with Crippen molar-refractivity contribution in [2.75, 3.05) is 13.2 Å². The summed E-state index contributed by atoms with van der Waals surface area (Å²) >= 11 is 1.40. The standard InChI is InChI=1S/C12H17NO2.4CO.W/c1-9-4-3-5-10(2)11(9)8-13-6-7-15-12(13)14;4*1-2;/h3-4,9-11H,5-7H2,1-2H3;;;;;/t9?,10-,11-;;;;;/m1...../s1. The molecule has 1 aliphatic carbocycles. The van der Waals surface area contributed by atoms with Crippen molar-refractivity contribution in [3.8, 4) is 0 Å². The summed E-state index contributed by atoms with van der Waals surface area (Å²) in [5, 5.41) is 0. The normalized spacial score (nSPS) is 23.0. The Balaban J connectivity index is -0.000000484. The van der Waals surface area contributed by atoms with Crippen molar-refractivity contribution in [3.63, 3.8) is 0 Å². The molecule has 1 unspecified atom stereocenters. The Labute approximate surface area is 152 Å². The van der Waals surface area contributed by atoms with Crippen LogP contribution in [0.3, 0.4) is 0 Å². The van der Waals surface area contributed by atoms with Gasteiger partial charge in [0.05, 0.1) is 0 Å². The Bertz CT molecular complexity index is 470. The molecule has 1 amide bonds. The van der Waals surface area contributed by atoms with Gasteiger partial charge in [-0.25, -0.2) is 0 Å². The van der Waals surface area contributed by atoms with E-state index >= 15 is 0 Å². The minimum atomic E-state index is -0.154. The van der Waals surface area contributed by atoms with Crippen LogP contribution in [0, 0.1) is 44.4 Å². The van der Waals surface area contributed by atoms with Crippen LogP contribution in [-0.2, 0) is 42.7 Å². The first-order valence-electron chi connectivity index (χ1n) is 6.57. The number of carbonyl (C=O) groups is 1. The second-order valence-corrected chi connectivity index (χ2v) is 6.13. The van der Waals surface area contributed by atoms with E-state index < -0.39 is 0 Å². The van der Waals surface area contributed by atoms with Crippen molar-refractivity contribution < 1.29 is 47.5 Å². The predicted molar refractivity (Wildman–Crippen MR) is 74.4 cm³/mol. The van der Waals surface area contributed by atoms with Gasteiger partial charge in [-0.1, -0.05) is 0 Å². The number of carbonyl (C=O) groups excluding carboxylic acids is 1. The molecule has 1 saturated heterocycles. The first-order valence-corrected chi connectivity index (χ1v) is 8.04. The van der Waals surface area contributed by atoms with Gasteiger partial charge in [-0.3, -0.25) is 0 Å². The van der Waals surface area contributed by atoms with Crippen LogP contribution >= 0.6 is 0 Å². The Morgan fingerprint density at radius 1 is 1.17 bits per heavy atom. The maximum atomic E-state index is 11.5. The van der Waals surface area contributed by atoms with Gasteiger partial charge in [-0.15, -0.1) is 0 Å². The van der Waals surface area contributed by atoms with Crippen LogP contribution < -0.4 is 0 Å². The number of cyclic esters (lactones) is 1. The molecule has 1 aliphatic heterocycles. The number of hydrogen-bond donors (Lipinski definition) is 0. The molecule has 0 saturated carbocycles. The van der Waals surface area contributed by atoms with Gasteiger partial charge in [0.1, 0.15) is 0 Å². The SMILES string of the molecule is CC1C=CC[C@@H](C)[C@@H]1[C](=[W])N1CCOC1=O.[C-]#[O+].[C-]#[O+].[C-]#[O+].[C-]#[O+]. The van der Waals surface area contributed by atoms with Crippen LogP contribution in [0.4, 0.5) is 4.79 Å². The molecule has 7 nitrogen and oxygen atoms in total. The summed E-state index contributed by atoms with van der Waals surface area (Å²) in [6.07, 6.45) is 5.50. The van der Waals surface area contributed by atoms with E-state index in [1.807, 2.05) is 4.90 Å². The maximum absolute atomic E-state index is 11.5. The van der Waals surface area contributed by atoms with E-state index in [4.69, 9.17) is 23.3 Å². The van der Waals surface area contributed by atoms with Gasteiger partial charge >= 0.3 is 152 Å². The third-order valence-corrected chi connectivity index (χ3v) is 5.21. The molecule has 2 aliphatic rings. The average Bonchev–Trinajstić information content (AvgIpc) is 3.08.